The molecule has 1 fully saturated rings. The minimum absolute atomic E-state index is 0.106. The fourth-order valence-corrected chi connectivity index (χ4v) is 1.80. The van der Waals surface area contributed by atoms with Gasteiger partial charge in [-0.15, -0.1) is 0 Å². The standard InChI is InChI=1S/C13H16N2O/c1-9-5-7-11(8-6-9)15-13(3,4)10(2)12(16)14-15/h5-8H,2H2,1,3-4H3,(H,14,16). The molecule has 1 aromatic carbocycles. The fraction of sp³-hybridized carbons (Fsp3) is 0.308. The first-order chi connectivity index (χ1) is 7.43. The monoisotopic (exact) mass is 216 g/mol. The van der Waals surface area contributed by atoms with E-state index in [1.165, 1.54) is 5.56 Å². The number of nitrogens with one attached hydrogen (secondary N) is 1. The topological polar surface area (TPSA) is 32.3 Å². The van der Waals surface area contributed by atoms with Crippen LogP contribution in [0.4, 0.5) is 5.69 Å². The van der Waals surface area contributed by atoms with Crippen molar-refractivity contribution in [2.45, 2.75) is 26.3 Å². The number of carbonyl (C=O) groups is 1. The number of aryl methyl sites for hydroxylation is 1. The minimum Gasteiger partial charge on any atom is -0.275 e. The summed E-state index contributed by atoms with van der Waals surface area (Å²) in [6, 6.07) is 8.04. The highest BCUT2D eigenvalue weighted by Crippen LogP contribution is 2.32. The van der Waals surface area contributed by atoms with Crippen LogP contribution in [0.15, 0.2) is 36.4 Å². The molecule has 0 saturated carbocycles. The van der Waals surface area contributed by atoms with Gasteiger partial charge in [0.2, 0.25) is 0 Å². The highest BCUT2D eigenvalue weighted by molar-refractivity contribution is 6.00. The zero-order valence-corrected chi connectivity index (χ0v) is 9.87. The molecule has 1 N–H and O–H groups in total. The lowest BCUT2D eigenvalue weighted by atomic mass is 9.96. The van der Waals surface area contributed by atoms with Gasteiger partial charge in [-0.3, -0.25) is 15.2 Å². The van der Waals surface area contributed by atoms with Crippen LogP contribution in [0.25, 0.3) is 0 Å². The zero-order chi connectivity index (χ0) is 11.9. The van der Waals surface area contributed by atoms with Crippen molar-refractivity contribution in [3.63, 3.8) is 0 Å². The summed E-state index contributed by atoms with van der Waals surface area (Å²) in [7, 11) is 0. The van der Waals surface area contributed by atoms with E-state index in [0.717, 1.165) is 5.69 Å². The van der Waals surface area contributed by atoms with Crippen molar-refractivity contribution in [1.82, 2.24) is 5.43 Å². The Kier molecular flexibility index (Phi) is 2.26. The summed E-state index contributed by atoms with van der Waals surface area (Å²) in [6.45, 7) is 9.82. The van der Waals surface area contributed by atoms with E-state index in [2.05, 4.69) is 12.0 Å². The van der Waals surface area contributed by atoms with Crippen LogP contribution in [0.3, 0.4) is 0 Å². The Balaban J connectivity index is 2.39. The lowest BCUT2D eigenvalue weighted by Crippen LogP contribution is -2.44. The maximum atomic E-state index is 11.6. The van der Waals surface area contributed by atoms with E-state index < -0.39 is 0 Å². The Hall–Kier alpha value is -1.77. The highest BCUT2D eigenvalue weighted by atomic mass is 16.2. The Morgan fingerprint density at radius 2 is 1.81 bits per heavy atom. The minimum atomic E-state index is -0.383. The third-order valence-corrected chi connectivity index (χ3v) is 3.08. The van der Waals surface area contributed by atoms with Gasteiger partial charge in [0, 0.05) is 5.57 Å². The fourth-order valence-electron chi connectivity index (χ4n) is 1.80. The molecule has 1 heterocycles. The largest absolute Gasteiger partial charge is 0.275 e. The van der Waals surface area contributed by atoms with E-state index in [9.17, 15) is 4.79 Å². The lowest BCUT2D eigenvalue weighted by molar-refractivity contribution is -0.116. The third kappa shape index (κ3) is 1.48. The molecule has 3 heteroatoms. The number of hydrazine groups is 1. The number of nitrogens with zero attached hydrogens (tertiary/aromatic N) is 1. The normalized spacial score (nSPS) is 18.8. The summed E-state index contributed by atoms with van der Waals surface area (Å²) in [5, 5.41) is 1.86. The molecule has 1 aliphatic heterocycles. The van der Waals surface area contributed by atoms with E-state index in [-0.39, 0.29) is 11.4 Å². The van der Waals surface area contributed by atoms with Crippen LogP contribution in [0.2, 0.25) is 0 Å². The van der Waals surface area contributed by atoms with Gasteiger partial charge in [0.05, 0.1) is 11.2 Å². The molecule has 1 saturated heterocycles. The van der Waals surface area contributed by atoms with E-state index >= 15 is 0 Å². The Morgan fingerprint density at radius 1 is 1.25 bits per heavy atom. The summed E-state index contributed by atoms with van der Waals surface area (Å²) >= 11 is 0. The van der Waals surface area contributed by atoms with Crippen LogP contribution >= 0.6 is 0 Å². The first-order valence-electron chi connectivity index (χ1n) is 5.30. The van der Waals surface area contributed by atoms with Crippen LogP contribution < -0.4 is 10.4 Å². The summed E-state index contributed by atoms with van der Waals surface area (Å²) in [4.78, 5) is 11.6. The van der Waals surface area contributed by atoms with Crippen molar-refractivity contribution in [2.24, 2.45) is 0 Å². The van der Waals surface area contributed by atoms with Gasteiger partial charge >= 0.3 is 0 Å². The van der Waals surface area contributed by atoms with E-state index in [0.29, 0.717) is 5.57 Å². The number of anilines is 1. The number of benzene rings is 1. The number of hydrogen-bond donors (Lipinski definition) is 1. The van der Waals surface area contributed by atoms with E-state index in [1.807, 2.05) is 50.0 Å². The molecule has 0 radical (unpaired) electrons. The van der Waals surface area contributed by atoms with Gasteiger partial charge in [-0.25, -0.2) is 0 Å². The van der Waals surface area contributed by atoms with Crippen molar-refractivity contribution in [1.29, 1.82) is 0 Å². The molecular weight excluding hydrogens is 200 g/mol. The molecule has 1 aromatic rings. The molecule has 3 nitrogen and oxygen atoms in total. The van der Waals surface area contributed by atoms with Gasteiger partial charge in [0.1, 0.15) is 0 Å². The third-order valence-electron chi connectivity index (χ3n) is 3.08. The molecule has 0 aromatic heterocycles. The van der Waals surface area contributed by atoms with Crippen molar-refractivity contribution in [3.8, 4) is 0 Å². The predicted molar refractivity (Wildman–Crippen MR) is 65.0 cm³/mol. The summed E-state index contributed by atoms with van der Waals surface area (Å²) in [5.41, 5.74) is 5.21. The average Bonchev–Trinajstić information content (AvgIpc) is 2.44. The number of rotatable bonds is 1. The Morgan fingerprint density at radius 3 is 2.25 bits per heavy atom. The molecule has 16 heavy (non-hydrogen) atoms. The molecule has 0 unspecified atom stereocenters. The molecule has 1 aliphatic rings. The first kappa shape index (κ1) is 10.7. The SMILES string of the molecule is C=C1C(=O)NN(c2ccc(C)cc2)C1(C)C. The van der Waals surface area contributed by atoms with Gasteiger partial charge < -0.3 is 0 Å². The zero-order valence-electron chi connectivity index (χ0n) is 9.87. The first-order valence-corrected chi connectivity index (χ1v) is 5.30. The molecular formula is C13H16N2O. The Bertz CT molecular complexity index is 446. The Labute approximate surface area is 95.7 Å². The van der Waals surface area contributed by atoms with Crippen LogP contribution in [0, 0.1) is 6.92 Å². The van der Waals surface area contributed by atoms with Gasteiger partial charge in [-0.2, -0.15) is 0 Å². The second kappa shape index (κ2) is 3.37. The van der Waals surface area contributed by atoms with Gasteiger partial charge in [0.15, 0.2) is 0 Å². The van der Waals surface area contributed by atoms with Crippen LogP contribution in [0.1, 0.15) is 19.4 Å². The summed E-state index contributed by atoms with van der Waals surface area (Å²) in [5.74, 6) is -0.106. The van der Waals surface area contributed by atoms with Crippen LogP contribution in [0.5, 0.6) is 0 Å². The maximum absolute atomic E-state index is 11.6. The summed E-state index contributed by atoms with van der Waals surface area (Å²) < 4.78 is 0. The molecule has 0 bridgehead atoms. The molecule has 0 aliphatic carbocycles. The number of amides is 1. The quantitative estimate of drug-likeness (QED) is 0.730. The van der Waals surface area contributed by atoms with Crippen molar-refractivity contribution in [2.75, 3.05) is 5.01 Å². The van der Waals surface area contributed by atoms with E-state index in [4.69, 9.17) is 0 Å². The van der Waals surface area contributed by atoms with Crippen LogP contribution in [-0.4, -0.2) is 11.4 Å². The predicted octanol–water partition coefficient (Wildman–Crippen LogP) is 2.18. The van der Waals surface area contributed by atoms with E-state index in [1.54, 1.807) is 0 Å². The second-order valence-corrected chi connectivity index (χ2v) is 4.65. The maximum Gasteiger partial charge on any atom is 0.267 e. The van der Waals surface area contributed by atoms with Crippen molar-refractivity contribution >= 4 is 11.6 Å². The van der Waals surface area contributed by atoms with Gasteiger partial charge in [-0.1, -0.05) is 24.3 Å². The number of hydrogen-bond acceptors (Lipinski definition) is 2. The lowest BCUT2D eigenvalue weighted by Gasteiger charge is -2.32. The summed E-state index contributed by atoms with van der Waals surface area (Å²) in [6.07, 6.45) is 0. The average molecular weight is 216 g/mol. The molecule has 84 valence electrons. The van der Waals surface area contributed by atoms with Crippen LogP contribution in [-0.2, 0) is 4.79 Å². The second-order valence-electron chi connectivity index (χ2n) is 4.65. The van der Waals surface area contributed by atoms with Crippen molar-refractivity contribution in [3.05, 3.63) is 42.0 Å². The molecule has 0 spiro atoms. The smallest absolute Gasteiger partial charge is 0.267 e. The molecule has 0 atom stereocenters. The van der Waals surface area contributed by atoms with Gasteiger partial charge in [0.25, 0.3) is 5.91 Å². The highest BCUT2D eigenvalue weighted by Gasteiger charge is 2.41. The van der Waals surface area contributed by atoms with Gasteiger partial charge in [-0.05, 0) is 32.9 Å². The number of carbonyl (C=O) groups excluding carboxylic acids is 1. The molecule has 2 rings (SSSR count). The van der Waals surface area contributed by atoms with Crippen molar-refractivity contribution < 1.29 is 4.79 Å². The molecule has 1 amide bonds.